The highest BCUT2D eigenvalue weighted by molar-refractivity contribution is 5.76. The highest BCUT2D eigenvalue weighted by Gasteiger charge is 2.15. The molecule has 0 amide bonds. The topological polar surface area (TPSA) is 46.9 Å². The Morgan fingerprint density at radius 3 is 3.12 bits per heavy atom. The van der Waals surface area contributed by atoms with Gasteiger partial charge in [-0.2, -0.15) is 0 Å². The summed E-state index contributed by atoms with van der Waals surface area (Å²) < 4.78 is 1.74. The normalized spacial score (nSPS) is 19.9. The first-order chi connectivity index (χ1) is 8.34. The average molecular weight is 229 g/mol. The monoisotopic (exact) mass is 229 g/mol. The number of nitrogens with zero attached hydrogens (tertiary/aromatic N) is 2. The second kappa shape index (κ2) is 4.30. The fourth-order valence-electron chi connectivity index (χ4n) is 2.38. The van der Waals surface area contributed by atoms with E-state index in [1.54, 1.807) is 10.9 Å². The molecular weight excluding hydrogens is 214 g/mol. The predicted octanol–water partition coefficient (Wildman–Crippen LogP) is 1.01. The molecule has 1 atom stereocenters. The van der Waals surface area contributed by atoms with E-state index in [4.69, 9.17) is 0 Å². The standard InChI is InChI=1S/C13H15N3O/c17-13-11-3-1-2-4-12(11)15-9-16(13)8-10-5-6-14-7-10/h1-4,9-10,14H,5-8H2. The largest absolute Gasteiger partial charge is 0.316 e. The quantitative estimate of drug-likeness (QED) is 0.836. The lowest BCUT2D eigenvalue weighted by atomic mass is 10.1. The van der Waals surface area contributed by atoms with Crippen LogP contribution in [0.25, 0.3) is 10.9 Å². The lowest BCUT2D eigenvalue weighted by Crippen LogP contribution is -2.25. The van der Waals surface area contributed by atoms with Crippen molar-refractivity contribution in [2.75, 3.05) is 13.1 Å². The molecule has 0 aliphatic carbocycles. The first-order valence-corrected chi connectivity index (χ1v) is 5.99. The van der Waals surface area contributed by atoms with Gasteiger partial charge < -0.3 is 5.32 Å². The van der Waals surface area contributed by atoms with Crippen molar-refractivity contribution < 1.29 is 0 Å². The van der Waals surface area contributed by atoms with Gasteiger partial charge in [0, 0.05) is 6.54 Å². The van der Waals surface area contributed by atoms with Crippen molar-refractivity contribution in [1.29, 1.82) is 0 Å². The molecule has 1 aliphatic rings. The lowest BCUT2D eigenvalue weighted by Gasteiger charge is -2.11. The maximum atomic E-state index is 12.2. The minimum atomic E-state index is 0.0718. The number of hydrogen-bond donors (Lipinski definition) is 1. The van der Waals surface area contributed by atoms with Gasteiger partial charge in [-0.05, 0) is 37.6 Å². The molecule has 17 heavy (non-hydrogen) atoms. The zero-order valence-corrected chi connectivity index (χ0v) is 9.60. The molecule has 0 radical (unpaired) electrons. The fraction of sp³-hybridized carbons (Fsp3) is 0.385. The molecule has 0 spiro atoms. The average Bonchev–Trinajstić information content (AvgIpc) is 2.86. The van der Waals surface area contributed by atoms with Gasteiger partial charge in [0.15, 0.2) is 0 Å². The summed E-state index contributed by atoms with van der Waals surface area (Å²) in [6.07, 6.45) is 2.81. The highest BCUT2D eigenvalue weighted by atomic mass is 16.1. The van der Waals surface area contributed by atoms with Gasteiger partial charge in [-0.3, -0.25) is 9.36 Å². The molecule has 0 saturated carbocycles. The predicted molar refractivity (Wildman–Crippen MR) is 67.0 cm³/mol. The minimum Gasteiger partial charge on any atom is -0.316 e. The maximum absolute atomic E-state index is 12.2. The van der Waals surface area contributed by atoms with E-state index in [1.807, 2.05) is 24.3 Å². The number of aromatic nitrogens is 2. The van der Waals surface area contributed by atoms with E-state index in [2.05, 4.69) is 10.3 Å². The number of rotatable bonds is 2. The Balaban J connectivity index is 1.99. The molecule has 3 rings (SSSR count). The van der Waals surface area contributed by atoms with Crippen LogP contribution >= 0.6 is 0 Å². The summed E-state index contributed by atoms with van der Waals surface area (Å²) in [5, 5.41) is 4.02. The number of fused-ring (bicyclic) bond motifs is 1. The van der Waals surface area contributed by atoms with Gasteiger partial charge in [0.25, 0.3) is 5.56 Å². The minimum absolute atomic E-state index is 0.0718. The van der Waals surface area contributed by atoms with Gasteiger partial charge in [-0.25, -0.2) is 4.98 Å². The van der Waals surface area contributed by atoms with Crippen LogP contribution < -0.4 is 10.9 Å². The number of para-hydroxylation sites is 1. The molecule has 1 aromatic heterocycles. The van der Waals surface area contributed by atoms with Crippen LogP contribution in [0.3, 0.4) is 0 Å². The molecule has 1 unspecified atom stereocenters. The van der Waals surface area contributed by atoms with E-state index in [0.29, 0.717) is 11.3 Å². The van der Waals surface area contributed by atoms with Gasteiger partial charge in [0.05, 0.1) is 17.2 Å². The molecule has 4 nitrogen and oxygen atoms in total. The Morgan fingerprint density at radius 2 is 2.29 bits per heavy atom. The summed E-state index contributed by atoms with van der Waals surface area (Å²) in [6, 6.07) is 7.50. The van der Waals surface area contributed by atoms with Gasteiger partial charge >= 0.3 is 0 Å². The molecule has 1 saturated heterocycles. The summed E-state index contributed by atoms with van der Waals surface area (Å²) in [4.78, 5) is 16.5. The Hall–Kier alpha value is -1.68. The Morgan fingerprint density at radius 1 is 1.41 bits per heavy atom. The molecule has 0 bridgehead atoms. The Labute approximate surface area is 99.3 Å². The number of hydrogen-bond acceptors (Lipinski definition) is 3. The fourth-order valence-corrected chi connectivity index (χ4v) is 2.38. The van der Waals surface area contributed by atoms with Crippen LogP contribution in [0.2, 0.25) is 0 Å². The molecule has 1 aliphatic heterocycles. The van der Waals surface area contributed by atoms with Crippen LogP contribution in [0.1, 0.15) is 6.42 Å². The van der Waals surface area contributed by atoms with E-state index < -0.39 is 0 Å². The van der Waals surface area contributed by atoms with Crippen LogP contribution in [0.5, 0.6) is 0 Å². The summed E-state index contributed by atoms with van der Waals surface area (Å²) in [6.45, 7) is 2.82. The van der Waals surface area contributed by atoms with Crippen molar-refractivity contribution in [2.45, 2.75) is 13.0 Å². The zero-order valence-electron chi connectivity index (χ0n) is 9.60. The van der Waals surface area contributed by atoms with Crippen LogP contribution in [0.15, 0.2) is 35.4 Å². The highest BCUT2D eigenvalue weighted by Crippen LogP contribution is 2.10. The Kier molecular flexibility index (Phi) is 2.65. The third-order valence-corrected chi connectivity index (χ3v) is 3.35. The van der Waals surface area contributed by atoms with Gasteiger partial charge in [0.2, 0.25) is 0 Å². The Bertz CT molecular complexity index is 584. The smallest absolute Gasteiger partial charge is 0.261 e. The molecule has 1 fully saturated rings. The van der Waals surface area contributed by atoms with Crippen LogP contribution in [0.4, 0.5) is 0 Å². The molecule has 88 valence electrons. The summed E-state index contributed by atoms with van der Waals surface area (Å²) in [5.41, 5.74) is 0.848. The molecule has 1 aromatic carbocycles. The van der Waals surface area contributed by atoms with E-state index in [1.165, 1.54) is 0 Å². The van der Waals surface area contributed by atoms with Crippen molar-refractivity contribution in [1.82, 2.24) is 14.9 Å². The van der Waals surface area contributed by atoms with Crippen LogP contribution in [-0.2, 0) is 6.54 Å². The van der Waals surface area contributed by atoms with Crippen molar-refractivity contribution in [2.24, 2.45) is 5.92 Å². The van der Waals surface area contributed by atoms with Crippen molar-refractivity contribution in [3.63, 3.8) is 0 Å². The van der Waals surface area contributed by atoms with Gasteiger partial charge in [-0.1, -0.05) is 12.1 Å². The molecule has 2 heterocycles. The SMILES string of the molecule is O=c1c2ccccc2ncn1CC1CCNC1. The lowest BCUT2D eigenvalue weighted by molar-refractivity contribution is 0.470. The van der Waals surface area contributed by atoms with E-state index in [-0.39, 0.29) is 5.56 Å². The summed E-state index contributed by atoms with van der Waals surface area (Å²) in [7, 11) is 0. The molecule has 4 heteroatoms. The first-order valence-electron chi connectivity index (χ1n) is 5.99. The van der Waals surface area contributed by atoms with E-state index in [0.717, 1.165) is 31.6 Å². The second-order valence-electron chi connectivity index (χ2n) is 4.58. The molecule has 1 N–H and O–H groups in total. The summed E-state index contributed by atoms with van der Waals surface area (Å²) >= 11 is 0. The number of nitrogens with one attached hydrogen (secondary N) is 1. The second-order valence-corrected chi connectivity index (χ2v) is 4.58. The van der Waals surface area contributed by atoms with E-state index >= 15 is 0 Å². The maximum Gasteiger partial charge on any atom is 0.261 e. The molecule has 2 aromatic rings. The summed E-state index contributed by atoms with van der Waals surface area (Å²) in [5.74, 6) is 0.552. The van der Waals surface area contributed by atoms with Crippen molar-refractivity contribution in [3.05, 3.63) is 40.9 Å². The third-order valence-electron chi connectivity index (χ3n) is 3.35. The van der Waals surface area contributed by atoms with Crippen LogP contribution in [0, 0.1) is 5.92 Å². The number of benzene rings is 1. The van der Waals surface area contributed by atoms with Gasteiger partial charge in [-0.15, -0.1) is 0 Å². The van der Waals surface area contributed by atoms with Crippen molar-refractivity contribution >= 4 is 10.9 Å². The van der Waals surface area contributed by atoms with Gasteiger partial charge in [0.1, 0.15) is 0 Å². The van der Waals surface area contributed by atoms with E-state index in [9.17, 15) is 4.79 Å². The van der Waals surface area contributed by atoms with Crippen LogP contribution in [-0.4, -0.2) is 22.6 Å². The first kappa shape index (κ1) is 10.5. The zero-order chi connectivity index (χ0) is 11.7. The third kappa shape index (κ3) is 1.96. The van der Waals surface area contributed by atoms with Crippen molar-refractivity contribution in [3.8, 4) is 0 Å². The molecular formula is C13H15N3O.